The largest absolute Gasteiger partial charge is 0.495 e. The van der Waals surface area contributed by atoms with Gasteiger partial charge >= 0.3 is 0 Å². The van der Waals surface area contributed by atoms with Crippen LogP contribution in [0.3, 0.4) is 0 Å². The Bertz CT molecular complexity index is 418. The van der Waals surface area contributed by atoms with Gasteiger partial charge in [-0.1, -0.05) is 0 Å². The number of hydrogen-bond acceptors (Lipinski definition) is 4. The number of hydrogen-bond donors (Lipinski definition) is 2. The van der Waals surface area contributed by atoms with E-state index in [9.17, 15) is 4.79 Å². The normalized spacial score (nSPS) is 15.7. The highest BCUT2D eigenvalue weighted by atomic mass is 35.5. The minimum atomic E-state index is -0.0673. The number of carbonyl (C=O) groups is 1. The van der Waals surface area contributed by atoms with Crippen LogP contribution in [0.1, 0.15) is 27.4 Å². The Kier molecular flexibility index (Phi) is 5.44. The van der Waals surface area contributed by atoms with E-state index in [4.69, 9.17) is 10.5 Å². The first-order valence-electron chi connectivity index (χ1n) is 5.81. The second-order valence-electron chi connectivity index (χ2n) is 4.41. The molecule has 1 saturated carbocycles. The lowest BCUT2D eigenvalue weighted by atomic mass is 10.2. The van der Waals surface area contributed by atoms with Gasteiger partial charge in [-0.15, -0.1) is 23.7 Å². The van der Waals surface area contributed by atoms with Crippen molar-refractivity contribution in [1.29, 1.82) is 0 Å². The number of thiophene rings is 1. The van der Waals surface area contributed by atoms with Crippen LogP contribution < -0.4 is 15.8 Å². The van der Waals surface area contributed by atoms with Crippen molar-refractivity contribution in [2.24, 2.45) is 11.7 Å². The lowest BCUT2D eigenvalue weighted by Crippen LogP contribution is -2.41. The molecule has 1 aromatic rings. The zero-order valence-corrected chi connectivity index (χ0v) is 12.2. The molecule has 0 radical (unpaired) electrons. The van der Waals surface area contributed by atoms with Crippen LogP contribution in [-0.4, -0.2) is 25.6 Å². The van der Waals surface area contributed by atoms with Crippen LogP contribution in [-0.2, 0) is 0 Å². The Labute approximate surface area is 117 Å². The summed E-state index contributed by atoms with van der Waals surface area (Å²) in [6, 6.07) is 1.99. The predicted octanol–water partition coefficient (Wildman–Crippen LogP) is 1.95. The maximum Gasteiger partial charge on any atom is 0.265 e. The number of nitrogens with one attached hydrogen (secondary N) is 1. The summed E-state index contributed by atoms with van der Waals surface area (Å²) in [5.41, 5.74) is 5.67. The molecule has 0 aromatic carbocycles. The number of halogens is 1. The van der Waals surface area contributed by atoms with E-state index in [1.807, 2.05) is 13.0 Å². The molecule has 4 nitrogen and oxygen atoms in total. The van der Waals surface area contributed by atoms with Crippen LogP contribution >= 0.6 is 23.7 Å². The highest BCUT2D eigenvalue weighted by Crippen LogP contribution is 2.33. The van der Waals surface area contributed by atoms with Gasteiger partial charge in [-0.3, -0.25) is 4.79 Å². The Hall–Kier alpha value is -0.780. The smallest absolute Gasteiger partial charge is 0.265 e. The molecule has 2 rings (SSSR count). The van der Waals surface area contributed by atoms with Crippen LogP contribution in [0.15, 0.2) is 6.07 Å². The molecule has 1 heterocycles. The number of aryl methyl sites for hydroxylation is 1. The van der Waals surface area contributed by atoms with E-state index in [1.165, 1.54) is 24.2 Å². The molecule has 0 aliphatic heterocycles. The quantitative estimate of drug-likeness (QED) is 0.871. The van der Waals surface area contributed by atoms with Gasteiger partial charge in [0.25, 0.3) is 5.91 Å². The molecule has 1 fully saturated rings. The Morgan fingerprint density at radius 2 is 2.33 bits per heavy atom. The summed E-state index contributed by atoms with van der Waals surface area (Å²) in [7, 11) is 1.58. The van der Waals surface area contributed by atoms with Gasteiger partial charge in [-0.2, -0.15) is 0 Å². The fraction of sp³-hybridized carbons (Fsp3) is 0.583. The van der Waals surface area contributed by atoms with Crippen molar-refractivity contribution >= 4 is 29.7 Å². The van der Waals surface area contributed by atoms with E-state index in [0.717, 1.165) is 4.88 Å². The topological polar surface area (TPSA) is 64.3 Å². The first kappa shape index (κ1) is 15.3. The third-order valence-electron chi connectivity index (χ3n) is 3.01. The second-order valence-corrected chi connectivity index (χ2v) is 5.66. The monoisotopic (exact) mass is 290 g/mol. The third-order valence-corrected chi connectivity index (χ3v) is 4.04. The zero-order chi connectivity index (χ0) is 12.4. The lowest BCUT2D eigenvalue weighted by molar-refractivity contribution is 0.0935. The number of amides is 1. The maximum atomic E-state index is 12.1. The van der Waals surface area contributed by atoms with Crippen LogP contribution in [0.2, 0.25) is 0 Å². The van der Waals surface area contributed by atoms with Crippen LogP contribution in [0.25, 0.3) is 0 Å². The first-order chi connectivity index (χ1) is 8.15. The van der Waals surface area contributed by atoms with Crippen molar-refractivity contribution in [2.75, 3.05) is 13.7 Å². The predicted molar refractivity (Wildman–Crippen MR) is 75.9 cm³/mol. The van der Waals surface area contributed by atoms with E-state index in [-0.39, 0.29) is 24.4 Å². The van der Waals surface area contributed by atoms with E-state index in [1.54, 1.807) is 7.11 Å². The number of ether oxygens (including phenoxy) is 1. The molecule has 0 saturated heterocycles. The molecule has 6 heteroatoms. The van der Waals surface area contributed by atoms with Crippen molar-refractivity contribution in [1.82, 2.24) is 5.32 Å². The number of carbonyl (C=O) groups excluding carboxylic acids is 1. The van der Waals surface area contributed by atoms with Gasteiger partial charge in [0, 0.05) is 17.5 Å². The van der Waals surface area contributed by atoms with Crippen LogP contribution in [0, 0.1) is 12.8 Å². The highest BCUT2D eigenvalue weighted by Gasteiger charge is 2.32. The van der Waals surface area contributed by atoms with Gasteiger partial charge in [-0.05, 0) is 31.7 Å². The number of nitrogens with two attached hydrogens (primary N) is 1. The van der Waals surface area contributed by atoms with Crippen molar-refractivity contribution in [2.45, 2.75) is 25.8 Å². The second kappa shape index (κ2) is 6.41. The molecule has 18 heavy (non-hydrogen) atoms. The fourth-order valence-corrected chi connectivity index (χ4v) is 2.78. The van der Waals surface area contributed by atoms with Crippen molar-refractivity contribution in [3.05, 3.63) is 15.8 Å². The molecule has 1 aliphatic carbocycles. The SMILES string of the molecule is COc1cc(C)sc1C(=O)NC(CN)C1CC1.Cl. The molecular formula is C12H19ClN2O2S. The number of methoxy groups -OCH3 is 1. The van der Waals surface area contributed by atoms with Crippen molar-refractivity contribution in [3.8, 4) is 5.75 Å². The van der Waals surface area contributed by atoms with Gasteiger partial charge in [-0.25, -0.2) is 0 Å². The third kappa shape index (κ3) is 3.37. The molecule has 1 unspecified atom stereocenters. The lowest BCUT2D eigenvalue weighted by Gasteiger charge is -2.15. The van der Waals surface area contributed by atoms with Gasteiger partial charge in [0.05, 0.1) is 7.11 Å². The Morgan fingerprint density at radius 3 is 2.83 bits per heavy atom. The van der Waals surface area contributed by atoms with Crippen molar-refractivity contribution in [3.63, 3.8) is 0 Å². The Morgan fingerprint density at radius 1 is 1.67 bits per heavy atom. The molecule has 1 aliphatic rings. The summed E-state index contributed by atoms with van der Waals surface area (Å²) < 4.78 is 5.20. The average molecular weight is 291 g/mol. The Balaban J connectivity index is 0.00000162. The van der Waals surface area contributed by atoms with Gasteiger partial charge < -0.3 is 15.8 Å². The fourth-order valence-electron chi connectivity index (χ4n) is 1.90. The zero-order valence-electron chi connectivity index (χ0n) is 10.6. The molecular weight excluding hydrogens is 272 g/mol. The van der Waals surface area contributed by atoms with E-state index in [0.29, 0.717) is 23.1 Å². The summed E-state index contributed by atoms with van der Waals surface area (Å²) in [5, 5.41) is 3.00. The molecule has 1 atom stereocenters. The highest BCUT2D eigenvalue weighted by molar-refractivity contribution is 7.14. The van der Waals surface area contributed by atoms with Gasteiger partial charge in [0.15, 0.2) is 0 Å². The number of rotatable bonds is 5. The van der Waals surface area contributed by atoms with E-state index in [2.05, 4.69) is 5.32 Å². The average Bonchev–Trinajstić information content (AvgIpc) is 3.08. The minimum Gasteiger partial charge on any atom is -0.495 e. The van der Waals surface area contributed by atoms with Crippen LogP contribution in [0.5, 0.6) is 5.75 Å². The summed E-state index contributed by atoms with van der Waals surface area (Å²) >= 11 is 1.45. The van der Waals surface area contributed by atoms with Crippen LogP contribution in [0.4, 0.5) is 0 Å². The summed E-state index contributed by atoms with van der Waals surface area (Å²) in [6.45, 7) is 2.47. The van der Waals surface area contributed by atoms with E-state index >= 15 is 0 Å². The minimum absolute atomic E-state index is 0. The summed E-state index contributed by atoms with van der Waals surface area (Å²) in [6.07, 6.45) is 2.34. The molecule has 1 amide bonds. The molecule has 1 aromatic heterocycles. The molecule has 102 valence electrons. The van der Waals surface area contributed by atoms with E-state index < -0.39 is 0 Å². The summed E-state index contributed by atoms with van der Waals surface area (Å²) in [4.78, 5) is 13.8. The summed E-state index contributed by atoms with van der Waals surface area (Å²) in [5.74, 6) is 1.15. The van der Waals surface area contributed by atoms with Crippen molar-refractivity contribution < 1.29 is 9.53 Å². The first-order valence-corrected chi connectivity index (χ1v) is 6.62. The molecule has 0 bridgehead atoms. The van der Waals surface area contributed by atoms with Gasteiger partial charge in [0.1, 0.15) is 10.6 Å². The molecule has 0 spiro atoms. The standard InChI is InChI=1S/C12H18N2O2S.ClH/c1-7-5-10(16-2)11(17-7)12(15)14-9(6-13)8-3-4-8;/h5,8-9H,3-4,6,13H2,1-2H3,(H,14,15);1H. The maximum absolute atomic E-state index is 12.1. The van der Waals surface area contributed by atoms with Gasteiger partial charge in [0.2, 0.25) is 0 Å². The molecule has 3 N–H and O–H groups in total.